The van der Waals surface area contributed by atoms with E-state index in [9.17, 15) is 20.4 Å². The number of hydrogen-bond donors (Lipinski definition) is 7. The standard InChI is InChI=1S/C8H19NO6/c1-2-9-8(15)7(14)6(13)5(12)4(11)3-10/h4-15H,2-3H2,1H3/t4-,5-,6+,7-,8?/m1/s1. The van der Waals surface area contributed by atoms with Crippen LogP contribution in [0, 0.1) is 0 Å². The third-order valence-corrected chi connectivity index (χ3v) is 2.02. The summed E-state index contributed by atoms with van der Waals surface area (Å²) >= 11 is 0. The summed E-state index contributed by atoms with van der Waals surface area (Å²) < 4.78 is 0. The molecule has 0 aliphatic heterocycles. The minimum Gasteiger partial charge on any atom is -0.394 e. The van der Waals surface area contributed by atoms with E-state index in [4.69, 9.17) is 10.2 Å². The topological polar surface area (TPSA) is 133 Å². The first kappa shape index (κ1) is 14.7. The fraction of sp³-hybridized carbons (Fsp3) is 1.00. The monoisotopic (exact) mass is 225 g/mol. The second kappa shape index (κ2) is 7.07. The lowest BCUT2D eigenvalue weighted by Gasteiger charge is -2.28. The van der Waals surface area contributed by atoms with Crippen molar-refractivity contribution in [1.29, 1.82) is 0 Å². The largest absolute Gasteiger partial charge is 0.394 e. The summed E-state index contributed by atoms with van der Waals surface area (Å²) in [5, 5.41) is 57.0. The van der Waals surface area contributed by atoms with Crippen molar-refractivity contribution in [3.05, 3.63) is 0 Å². The van der Waals surface area contributed by atoms with Crippen LogP contribution in [0.5, 0.6) is 0 Å². The van der Waals surface area contributed by atoms with Crippen molar-refractivity contribution in [3.63, 3.8) is 0 Å². The van der Waals surface area contributed by atoms with Crippen molar-refractivity contribution < 1.29 is 30.6 Å². The van der Waals surface area contributed by atoms with Crippen molar-refractivity contribution >= 4 is 0 Å². The third kappa shape index (κ3) is 4.39. The Bertz CT molecular complexity index is 169. The highest BCUT2D eigenvalue weighted by atomic mass is 16.4. The summed E-state index contributed by atoms with van der Waals surface area (Å²) in [6, 6.07) is 0. The molecule has 0 amide bonds. The van der Waals surface area contributed by atoms with Crippen LogP contribution in [0.4, 0.5) is 0 Å². The molecule has 0 aromatic rings. The zero-order valence-corrected chi connectivity index (χ0v) is 8.48. The van der Waals surface area contributed by atoms with Crippen molar-refractivity contribution in [2.24, 2.45) is 0 Å². The van der Waals surface area contributed by atoms with Crippen LogP contribution in [-0.2, 0) is 0 Å². The Morgan fingerprint density at radius 2 is 1.47 bits per heavy atom. The van der Waals surface area contributed by atoms with Crippen LogP contribution in [0.1, 0.15) is 6.92 Å². The zero-order chi connectivity index (χ0) is 12.0. The van der Waals surface area contributed by atoms with Gasteiger partial charge in [0.05, 0.1) is 6.61 Å². The molecule has 0 aliphatic carbocycles. The van der Waals surface area contributed by atoms with E-state index in [1.54, 1.807) is 6.92 Å². The molecule has 7 nitrogen and oxygen atoms in total. The first-order valence-electron chi connectivity index (χ1n) is 4.70. The number of rotatable bonds is 7. The highest BCUT2D eigenvalue weighted by molar-refractivity contribution is 4.83. The number of likely N-dealkylation sites (N-methyl/N-ethyl adjacent to an activating group) is 1. The predicted molar refractivity (Wildman–Crippen MR) is 50.8 cm³/mol. The van der Waals surface area contributed by atoms with Crippen molar-refractivity contribution in [3.8, 4) is 0 Å². The Hall–Kier alpha value is -0.280. The molecular weight excluding hydrogens is 206 g/mol. The van der Waals surface area contributed by atoms with Crippen molar-refractivity contribution in [1.82, 2.24) is 5.32 Å². The van der Waals surface area contributed by atoms with Gasteiger partial charge in [0.15, 0.2) is 0 Å². The maximum Gasteiger partial charge on any atom is 0.133 e. The maximum atomic E-state index is 9.32. The molecule has 0 aromatic heterocycles. The van der Waals surface area contributed by atoms with E-state index >= 15 is 0 Å². The third-order valence-electron chi connectivity index (χ3n) is 2.02. The Morgan fingerprint density at radius 1 is 0.933 bits per heavy atom. The number of aliphatic hydroxyl groups is 6. The lowest BCUT2D eigenvalue weighted by molar-refractivity contribution is -0.144. The molecule has 0 saturated heterocycles. The summed E-state index contributed by atoms with van der Waals surface area (Å²) in [7, 11) is 0. The molecule has 5 atom stereocenters. The Labute approximate surface area is 87.6 Å². The molecule has 15 heavy (non-hydrogen) atoms. The van der Waals surface area contributed by atoms with E-state index in [-0.39, 0.29) is 0 Å². The molecule has 0 fully saturated rings. The summed E-state index contributed by atoms with van der Waals surface area (Å²) in [4.78, 5) is 0. The van der Waals surface area contributed by atoms with Gasteiger partial charge in [-0.15, -0.1) is 0 Å². The van der Waals surface area contributed by atoms with Gasteiger partial charge >= 0.3 is 0 Å². The van der Waals surface area contributed by atoms with Crippen LogP contribution in [0.25, 0.3) is 0 Å². The fourth-order valence-corrected chi connectivity index (χ4v) is 1.05. The Balaban J connectivity index is 4.22. The lowest BCUT2D eigenvalue weighted by Crippen LogP contribution is -2.53. The van der Waals surface area contributed by atoms with E-state index in [0.717, 1.165) is 0 Å². The smallest absolute Gasteiger partial charge is 0.133 e. The maximum absolute atomic E-state index is 9.32. The van der Waals surface area contributed by atoms with Gasteiger partial charge in [-0.25, -0.2) is 0 Å². The SMILES string of the molecule is CCNC(O)[C@H](O)[C@@H](O)[C@H](O)[C@H](O)CO. The highest BCUT2D eigenvalue weighted by Crippen LogP contribution is 2.07. The average Bonchev–Trinajstić information content (AvgIpc) is 2.25. The molecule has 1 unspecified atom stereocenters. The zero-order valence-electron chi connectivity index (χ0n) is 8.48. The van der Waals surface area contributed by atoms with Gasteiger partial charge in [0.2, 0.25) is 0 Å². The molecule has 0 aromatic carbocycles. The molecule has 0 spiro atoms. The van der Waals surface area contributed by atoms with Gasteiger partial charge in [-0.3, -0.25) is 5.32 Å². The van der Waals surface area contributed by atoms with Crippen LogP contribution in [0.15, 0.2) is 0 Å². The molecule has 0 bridgehead atoms. The molecule has 0 heterocycles. The van der Waals surface area contributed by atoms with Gasteiger partial charge in [0.1, 0.15) is 30.6 Å². The van der Waals surface area contributed by atoms with Crippen LogP contribution in [0.2, 0.25) is 0 Å². The van der Waals surface area contributed by atoms with Gasteiger partial charge in [-0.05, 0) is 6.54 Å². The second-order valence-corrected chi connectivity index (χ2v) is 3.22. The summed E-state index contributed by atoms with van der Waals surface area (Å²) in [5.74, 6) is 0. The first-order chi connectivity index (χ1) is 6.95. The molecule has 0 rings (SSSR count). The molecule has 92 valence electrons. The number of hydrogen-bond acceptors (Lipinski definition) is 7. The van der Waals surface area contributed by atoms with E-state index < -0.39 is 37.3 Å². The van der Waals surface area contributed by atoms with E-state index in [0.29, 0.717) is 6.54 Å². The molecular formula is C8H19NO6. The Kier molecular flexibility index (Phi) is 6.94. The number of nitrogens with one attached hydrogen (secondary N) is 1. The summed E-state index contributed by atoms with van der Waals surface area (Å²) in [5.41, 5.74) is 0. The predicted octanol–water partition coefficient (Wildman–Crippen LogP) is -3.65. The summed E-state index contributed by atoms with van der Waals surface area (Å²) in [6.45, 7) is 1.30. The van der Waals surface area contributed by atoms with Gasteiger partial charge in [-0.2, -0.15) is 0 Å². The summed E-state index contributed by atoms with van der Waals surface area (Å²) in [6.07, 6.45) is -8.10. The highest BCUT2D eigenvalue weighted by Gasteiger charge is 2.33. The fourth-order valence-electron chi connectivity index (χ4n) is 1.05. The first-order valence-corrected chi connectivity index (χ1v) is 4.70. The quantitative estimate of drug-likeness (QED) is 0.222. The van der Waals surface area contributed by atoms with Gasteiger partial charge in [0.25, 0.3) is 0 Å². The normalized spacial score (nSPS) is 21.8. The van der Waals surface area contributed by atoms with Crippen LogP contribution >= 0.6 is 0 Å². The van der Waals surface area contributed by atoms with E-state index in [2.05, 4.69) is 5.32 Å². The molecule has 7 heteroatoms. The van der Waals surface area contributed by atoms with Crippen LogP contribution in [0.3, 0.4) is 0 Å². The van der Waals surface area contributed by atoms with E-state index in [1.807, 2.05) is 0 Å². The average molecular weight is 225 g/mol. The van der Waals surface area contributed by atoms with Crippen LogP contribution in [-0.4, -0.2) is 74.4 Å². The van der Waals surface area contributed by atoms with Crippen molar-refractivity contribution in [2.45, 2.75) is 37.6 Å². The molecule has 7 N–H and O–H groups in total. The van der Waals surface area contributed by atoms with Gasteiger partial charge in [-0.1, -0.05) is 6.92 Å². The second-order valence-electron chi connectivity index (χ2n) is 3.22. The molecule has 0 aliphatic rings. The van der Waals surface area contributed by atoms with Crippen molar-refractivity contribution in [2.75, 3.05) is 13.2 Å². The minimum atomic E-state index is -1.75. The molecule has 0 saturated carbocycles. The van der Waals surface area contributed by atoms with Crippen LogP contribution < -0.4 is 5.32 Å². The van der Waals surface area contributed by atoms with Gasteiger partial charge < -0.3 is 30.6 Å². The molecule has 0 radical (unpaired) electrons. The van der Waals surface area contributed by atoms with Gasteiger partial charge in [0, 0.05) is 0 Å². The Morgan fingerprint density at radius 3 is 1.87 bits per heavy atom. The van der Waals surface area contributed by atoms with E-state index in [1.165, 1.54) is 0 Å². The minimum absolute atomic E-state index is 0.365. The lowest BCUT2D eigenvalue weighted by atomic mass is 10.0. The number of aliphatic hydroxyl groups excluding tert-OH is 6.